The maximum absolute atomic E-state index is 12.5. The number of nitrogens with one attached hydrogen (secondary N) is 1. The summed E-state index contributed by atoms with van der Waals surface area (Å²) in [5.74, 6) is -2.87. The Labute approximate surface area is 132 Å². The summed E-state index contributed by atoms with van der Waals surface area (Å²) in [6.07, 6.45) is -4.85. The van der Waals surface area contributed by atoms with Crippen LogP contribution >= 0.6 is 0 Å². The molecule has 134 valence electrons. The lowest BCUT2D eigenvalue weighted by Gasteiger charge is -2.39. The van der Waals surface area contributed by atoms with Crippen LogP contribution in [0.15, 0.2) is 0 Å². The third kappa shape index (κ3) is 5.65. The fourth-order valence-electron chi connectivity index (χ4n) is 2.43. The molecule has 1 saturated heterocycles. The number of primary amides is 1. The van der Waals surface area contributed by atoms with Crippen LogP contribution in [0.5, 0.6) is 0 Å². The summed E-state index contributed by atoms with van der Waals surface area (Å²) in [5.41, 5.74) is 3.43. The highest BCUT2D eigenvalue weighted by molar-refractivity contribution is 5.80. The predicted octanol–water partition coefficient (Wildman–Crippen LogP) is 1.13. The molecular weight excluding hydrogens is 317 g/mol. The average Bonchev–Trinajstić information content (AvgIpc) is 2.36. The van der Waals surface area contributed by atoms with Gasteiger partial charge in [-0.2, -0.15) is 13.2 Å². The number of nitrogens with two attached hydrogens (primary N) is 1. The van der Waals surface area contributed by atoms with Gasteiger partial charge in [-0.25, -0.2) is 4.79 Å². The van der Waals surface area contributed by atoms with Crippen LogP contribution in [0.3, 0.4) is 0 Å². The molecular formula is C14H23F3N2O4. The fraction of sp³-hybridized carbons (Fsp3) is 0.857. The number of amides is 1. The highest BCUT2D eigenvalue weighted by atomic mass is 19.4. The summed E-state index contributed by atoms with van der Waals surface area (Å²) >= 11 is 0. The summed E-state index contributed by atoms with van der Waals surface area (Å²) in [6, 6.07) is -0.771. The van der Waals surface area contributed by atoms with Crippen LogP contribution in [0.2, 0.25) is 0 Å². The molecule has 0 spiro atoms. The molecule has 6 nitrogen and oxygen atoms in total. The molecule has 1 amide bonds. The van der Waals surface area contributed by atoms with Crippen LogP contribution in [0.4, 0.5) is 13.2 Å². The van der Waals surface area contributed by atoms with E-state index in [4.69, 9.17) is 15.2 Å². The number of ether oxygens (including phenoxy) is 2. The highest BCUT2D eigenvalue weighted by Crippen LogP contribution is 2.29. The Bertz CT molecular complexity index is 440. The summed E-state index contributed by atoms with van der Waals surface area (Å²) in [5, 5.41) is 2.85. The summed E-state index contributed by atoms with van der Waals surface area (Å²) < 4.78 is 47.3. The van der Waals surface area contributed by atoms with Gasteiger partial charge in [-0.3, -0.25) is 4.79 Å². The third-order valence-electron chi connectivity index (χ3n) is 3.72. The van der Waals surface area contributed by atoms with Gasteiger partial charge in [0.05, 0.1) is 19.3 Å². The molecule has 1 atom stereocenters. The van der Waals surface area contributed by atoms with Gasteiger partial charge in [0.25, 0.3) is 0 Å². The molecule has 23 heavy (non-hydrogen) atoms. The second-order valence-electron chi connectivity index (χ2n) is 6.76. The number of rotatable bonds is 5. The number of hydrogen-bond acceptors (Lipinski definition) is 5. The largest absolute Gasteiger partial charge is 0.490 e. The Hall–Kier alpha value is -1.35. The van der Waals surface area contributed by atoms with Crippen LogP contribution in [-0.2, 0) is 19.1 Å². The predicted molar refractivity (Wildman–Crippen MR) is 75.4 cm³/mol. The Morgan fingerprint density at radius 1 is 1.26 bits per heavy atom. The zero-order valence-electron chi connectivity index (χ0n) is 13.5. The Balaban J connectivity index is 2.86. The van der Waals surface area contributed by atoms with Crippen LogP contribution in [-0.4, -0.2) is 49.5 Å². The van der Waals surface area contributed by atoms with E-state index in [0.29, 0.717) is 0 Å². The number of carbonyl (C=O) groups is 2. The number of halogens is 3. The SMILES string of the molecule is CC(C)(C)[C@H](NCC1(OC(=O)C(F)(F)F)CCOCC1)C(N)=O. The van der Waals surface area contributed by atoms with E-state index < -0.39 is 35.1 Å². The van der Waals surface area contributed by atoms with Crippen molar-refractivity contribution in [2.24, 2.45) is 11.1 Å². The van der Waals surface area contributed by atoms with E-state index in [1.54, 1.807) is 20.8 Å². The molecule has 0 radical (unpaired) electrons. The zero-order valence-corrected chi connectivity index (χ0v) is 13.5. The first-order chi connectivity index (χ1) is 10.4. The van der Waals surface area contributed by atoms with E-state index in [-0.39, 0.29) is 32.6 Å². The molecule has 0 saturated carbocycles. The van der Waals surface area contributed by atoms with Gasteiger partial charge in [-0.05, 0) is 5.41 Å². The summed E-state index contributed by atoms with van der Waals surface area (Å²) in [6.45, 7) is 5.55. The minimum atomic E-state index is -5.07. The summed E-state index contributed by atoms with van der Waals surface area (Å²) in [7, 11) is 0. The second kappa shape index (κ2) is 7.04. The van der Waals surface area contributed by atoms with Crippen molar-refractivity contribution < 1.29 is 32.2 Å². The van der Waals surface area contributed by atoms with E-state index in [1.165, 1.54) is 0 Å². The van der Waals surface area contributed by atoms with Gasteiger partial charge >= 0.3 is 12.1 Å². The lowest BCUT2D eigenvalue weighted by atomic mass is 9.85. The smallest absolute Gasteiger partial charge is 0.451 e. The van der Waals surface area contributed by atoms with Crippen molar-refractivity contribution in [2.45, 2.75) is 51.4 Å². The van der Waals surface area contributed by atoms with Crippen molar-refractivity contribution in [2.75, 3.05) is 19.8 Å². The van der Waals surface area contributed by atoms with Crippen LogP contribution < -0.4 is 11.1 Å². The van der Waals surface area contributed by atoms with Crippen molar-refractivity contribution in [1.82, 2.24) is 5.32 Å². The number of esters is 1. The second-order valence-corrected chi connectivity index (χ2v) is 6.76. The van der Waals surface area contributed by atoms with Gasteiger partial charge in [-0.15, -0.1) is 0 Å². The van der Waals surface area contributed by atoms with Crippen molar-refractivity contribution >= 4 is 11.9 Å². The highest BCUT2D eigenvalue weighted by Gasteiger charge is 2.47. The first-order valence-electron chi connectivity index (χ1n) is 7.28. The maximum Gasteiger partial charge on any atom is 0.490 e. The first kappa shape index (κ1) is 19.7. The minimum Gasteiger partial charge on any atom is -0.451 e. The van der Waals surface area contributed by atoms with E-state index in [0.717, 1.165) is 0 Å². The molecule has 0 aromatic carbocycles. The van der Waals surface area contributed by atoms with Crippen LogP contribution in [0.25, 0.3) is 0 Å². The van der Waals surface area contributed by atoms with Gasteiger partial charge in [-0.1, -0.05) is 20.8 Å². The quantitative estimate of drug-likeness (QED) is 0.732. The normalized spacial score (nSPS) is 19.9. The molecule has 0 bridgehead atoms. The lowest BCUT2D eigenvalue weighted by molar-refractivity contribution is -0.220. The van der Waals surface area contributed by atoms with Crippen molar-refractivity contribution in [3.63, 3.8) is 0 Å². The van der Waals surface area contributed by atoms with E-state index in [1.807, 2.05) is 0 Å². The molecule has 0 aromatic rings. The standard InChI is InChI=1S/C14H23F3N2O4/c1-12(2,3)9(10(18)20)19-8-13(4-6-22-7-5-13)23-11(21)14(15,16)17/h9,19H,4-8H2,1-3H3,(H2,18,20)/t9-/m1/s1. The minimum absolute atomic E-state index is 0.108. The molecule has 1 fully saturated rings. The lowest BCUT2D eigenvalue weighted by Crippen LogP contribution is -2.57. The molecule has 1 aliphatic heterocycles. The molecule has 9 heteroatoms. The van der Waals surface area contributed by atoms with Crippen LogP contribution in [0, 0.1) is 5.41 Å². The molecule has 1 aliphatic rings. The van der Waals surface area contributed by atoms with E-state index in [2.05, 4.69) is 5.32 Å². The van der Waals surface area contributed by atoms with E-state index in [9.17, 15) is 22.8 Å². The van der Waals surface area contributed by atoms with Crippen LogP contribution in [0.1, 0.15) is 33.6 Å². The van der Waals surface area contributed by atoms with Gasteiger partial charge in [0.1, 0.15) is 5.60 Å². The molecule has 0 aromatic heterocycles. The monoisotopic (exact) mass is 340 g/mol. The number of hydrogen-bond donors (Lipinski definition) is 2. The molecule has 1 rings (SSSR count). The van der Waals surface area contributed by atoms with Gasteiger partial charge in [0, 0.05) is 19.4 Å². The van der Waals surface area contributed by atoms with E-state index >= 15 is 0 Å². The molecule has 1 heterocycles. The molecule has 0 aliphatic carbocycles. The number of alkyl halides is 3. The average molecular weight is 340 g/mol. The molecule has 0 unspecified atom stereocenters. The van der Waals surface area contributed by atoms with Gasteiger partial charge in [0.2, 0.25) is 5.91 Å². The topological polar surface area (TPSA) is 90.7 Å². The van der Waals surface area contributed by atoms with Crippen molar-refractivity contribution in [3.8, 4) is 0 Å². The van der Waals surface area contributed by atoms with Crippen molar-refractivity contribution in [1.29, 1.82) is 0 Å². The molecule has 3 N–H and O–H groups in total. The van der Waals surface area contributed by atoms with Gasteiger partial charge in [0.15, 0.2) is 0 Å². The first-order valence-corrected chi connectivity index (χ1v) is 7.28. The summed E-state index contributed by atoms with van der Waals surface area (Å²) in [4.78, 5) is 22.8. The fourth-order valence-corrected chi connectivity index (χ4v) is 2.43. The Morgan fingerprint density at radius 3 is 2.17 bits per heavy atom. The maximum atomic E-state index is 12.5. The Kier molecular flexibility index (Phi) is 6.03. The Morgan fingerprint density at radius 2 is 1.78 bits per heavy atom. The van der Waals surface area contributed by atoms with Gasteiger partial charge < -0.3 is 20.5 Å². The number of carbonyl (C=O) groups excluding carboxylic acids is 2. The third-order valence-corrected chi connectivity index (χ3v) is 3.72. The van der Waals surface area contributed by atoms with Crippen molar-refractivity contribution in [3.05, 3.63) is 0 Å². The zero-order chi connectivity index (χ0) is 17.9.